The molecular formula is C10H7N3O. The lowest BCUT2D eigenvalue weighted by atomic mass is 10.3. The Morgan fingerprint density at radius 1 is 1.36 bits per heavy atom. The highest BCUT2D eigenvalue weighted by Gasteiger charge is 1.99. The Morgan fingerprint density at radius 3 is 3.21 bits per heavy atom. The summed E-state index contributed by atoms with van der Waals surface area (Å²) in [7, 11) is 0. The molecule has 0 saturated carbocycles. The predicted molar refractivity (Wildman–Crippen MR) is 53.3 cm³/mol. The van der Waals surface area contributed by atoms with Crippen molar-refractivity contribution in [3.05, 3.63) is 47.1 Å². The van der Waals surface area contributed by atoms with E-state index in [0.717, 1.165) is 16.6 Å². The van der Waals surface area contributed by atoms with Crippen molar-refractivity contribution in [3.8, 4) is 0 Å². The zero-order chi connectivity index (χ0) is 9.54. The first-order valence-corrected chi connectivity index (χ1v) is 4.29. The molecular weight excluding hydrogens is 178 g/mol. The Kier molecular flexibility index (Phi) is 1.28. The molecule has 0 unspecified atom stereocenters. The summed E-state index contributed by atoms with van der Waals surface area (Å²) in [5, 5.41) is 0.995. The summed E-state index contributed by atoms with van der Waals surface area (Å²) in [6.45, 7) is 0. The van der Waals surface area contributed by atoms with Gasteiger partial charge in [0.1, 0.15) is 5.65 Å². The standard InChI is InChI=1S/C10H7N3O/c14-10-5-8-7(6-12-10)1-2-9-11-3-4-13(8)9/h1-6H,(H,12,14). The Labute approximate surface area is 78.8 Å². The average Bonchev–Trinajstić information content (AvgIpc) is 2.65. The first kappa shape index (κ1) is 7.32. The SMILES string of the molecule is O=c1cc2c(ccc3nccn32)c[nH]1. The number of H-pyrrole nitrogens is 1. The Balaban J connectivity index is 2.66. The van der Waals surface area contributed by atoms with Crippen molar-refractivity contribution in [1.82, 2.24) is 14.4 Å². The second-order valence-electron chi connectivity index (χ2n) is 3.13. The summed E-state index contributed by atoms with van der Waals surface area (Å²) in [5.74, 6) is 0. The van der Waals surface area contributed by atoms with Crippen LogP contribution in [0.4, 0.5) is 0 Å². The highest BCUT2D eigenvalue weighted by Crippen LogP contribution is 2.12. The molecule has 68 valence electrons. The van der Waals surface area contributed by atoms with Crippen molar-refractivity contribution >= 4 is 16.6 Å². The number of rotatable bonds is 0. The molecule has 0 spiro atoms. The molecule has 0 aliphatic heterocycles. The third-order valence-corrected chi connectivity index (χ3v) is 2.27. The molecule has 0 aromatic carbocycles. The second-order valence-corrected chi connectivity index (χ2v) is 3.13. The van der Waals surface area contributed by atoms with Crippen LogP contribution >= 0.6 is 0 Å². The van der Waals surface area contributed by atoms with Crippen LogP contribution in [-0.4, -0.2) is 14.4 Å². The maximum absolute atomic E-state index is 11.2. The molecule has 3 aromatic rings. The van der Waals surface area contributed by atoms with Crippen molar-refractivity contribution in [2.75, 3.05) is 0 Å². The monoisotopic (exact) mass is 185 g/mol. The van der Waals surface area contributed by atoms with Crippen LogP contribution in [-0.2, 0) is 0 Å². The van der Waals surface area contributed by atoms with Crippen molar-refractivity contribution in [3.63, 3.8) is 0 Å². The summed E-state index contributed by atoms with van der Waals surface area (Å²) >= 11 is 0. The number of nitrogens with one attached hydrogen (secondary N) is 1. The molecule has 0 amide bonds. The highest BCUT2D eigenvalue weighted by atomic mass is 16.1. The van der Waals surface area contributed by atoms with E-state index in [9.17, 15) is 4.79 Å². The zero-order valence-corrected chi connectivity index (χ0v) is 7.27. The van der Waals surface area contributed by atoms with E-state index in [0.29, 0.717) is 0 Å². The van der Waals surface area contributed by atoms with Crippen molar-refractivity contribution < 1.29 is 0 Å². The Morgan fingerprint density at radius 2 is 2.29 bits per heavy atom. The fourth-order valence-corrected chi connectivity index (χ4v) is 1.62. The van der Waals surface area contributed by atoms with Gasteiger partial charge in [-0.2, -0.15) is 0 Å². The Hall–Kier alpha value is -2.10. The van der Waals surface area contributed by atoms with Crippen molar-refractivity contribution in [2.45, 2.75) is 0 Å². The predicted octanol–water partition coefficient (Wildman–Crippen LogP) is 1.18. The first-order chi connectivity index (χ1) is 6.84. The van der Waals surface area contributed by atoms with Gasteiger partial charge in [-0.3, -0.25) is 9.20 Å². The number of imidazole rings is 1. The lowest BCUT2D eigenvalue weighted by molar-refractivity contribution is 1.21. The van der Waals surface area contributed by atoms with Gasteiger partial charge in [0.2, 0.25) is 5.56 Å². The molecule has 14 heavy (non-hydrogen) atoms. The summed E-state index contributed by atoms with van der Waals surface area (Å²) in [4.78, 5) is 18.0. The van der Waals surface area contributed by atoms with Gasteiger partial charge in [0.05, 0.1) is 5.52 Å². The largest absolute Gasteiger partial charge is 0.328 e. The molecule has 0 radical (unpaired) electrons. The smallest absolute Gasteiger partial charge is 0.250 e. The summed E-state index contributed by atoms with van der Waals surface area (Å²) in [5.41, 5.74) is 1.63. The van der Waals surface area contributed by atoms with E-state index in [1.54, 1.807) is 18.5 Å². The summed E-state index contributed by atoms with van der Waals surface area (Å²) in [6.07, 6.45) is 5.27. The summed E-state index contributed by atoms with van der Waals surface area (Å²) < 4.78 is 1.89. The molecule has 0 aliphatic carbocycles. The minimum absolute atomic E-state index is 0.0984. The van der Waals surface area contributed by atoms with Crippen molar-refractivity contribution in [1.29, 1.82) is 0 Å². The van der Waals surface area contributed by atoms with Crippen LogP contribution in [0.15, 0.2) is 41.6 Å². The quantitative estimate of drug-likeness (QED) is 0.571. The molecule has 1 N–H and O–H groups in total. The minimum atomic E-state index is -0.0984. The number of aromatic amines is 1. The molecule has 4 nitrogen and oxygen atoms in total. The molecule has 0 fully saturated rings. The average molecular weight is 185 g/mol. The number of hydrogen-bond acceptors (Lipinski definition) is 2. The van der Waals surface area contributed by atoms with Gasteiger partial charge in [-0.05, 0) is 12.1 Å². The van der Waals surface area contributed by atoms with Gasteiger partial charge in [0.15, 0.2) is 0 Å². The maximum Gasteiger partial charge on any atom is 0.250 e. The number of nitrogens with zero attached hydrogens (tertiary/aromatic N) is 2. The zero-order valence-electron chi connectivity index (χ0n) is 7.27. The van der Waals surface area contributed by atoms with Gasteiger partial charge in [-0.1, -0.05) is 0 Å². The number of aromatic nitrogens is 3. The van der Waals surface area contributed by atoms with Gasteiger partial charge < -0.3 is 4.98 Å². The van der Waals surface area contributed by atoms with Crippen LogP contribution in [0.3, 0.4) is 0 Å². The van der Waals surface area contributed by atoms with E-state index in [1.165, 1.54) is 0 Å². The summed E-state index contributed by atoms with van der Waals surface area (Å²) in [6, 6.07) is 5.43. The van der Waals surface area contributed by atoms with Crippen LogP contribution in [0.2, 0.25) is 0 Å². The van der Waals surface area contributed by atoms with Gasteiger partial charge in [-0.15, -0.1) is 0 Å². The third-order valence-electron chi connectivity index (χ3n) is 2.27. The fourth-order valence-electron chi connectivity index (χ4n) is 1.62. The first-order valence-electron chi connectivity index (χ1n) is 4.29. The van der Waals surface area contributed by atoms with Crippen LogP contribution in [0.1, 0.15) is 0 Å². The van der Waals surface area contributed by atoms with E-state index in [2.05, 4.69) is 9.97 Å². The topological polar surface area (TPSA) is 50.2 Å². The van der Waals surface area contributed by atoms with Crippen LogP contribution in [0, 0.1) is 0 Å². The molecule has 3 heterocycles. The van der Waals surface area contributed by atoms with Gasteiger partial charge in [0.25, 0.3) is 0 Å². The third kappa shape index (κ3) is 0.877. The number of hydrogen-bond donors (Lipinski definition) is 1. The van der Waals surface area contributed by atoms with Crippen LogP contribution in [0.5, 0.6) is 0 Å². The van der Waals surface area contributed by atoms with E-state index in [1.807, 2.05) is 22.7 Å². The van der Waals surface area contributed by atoms with E-state index < -0.39 is 0 Å². The molecule has 4 heteroatoms. The second kappa shape index (κ2) is 2.45. The van der Waals surface area contributed by atoms with Gasteiger partial charge in [0, 0.05) is 30.0 Å². The Bertz CT molecular complexity index is 665. The van der Waals surface area contributed by atoms with Crippen LogP contribution in [0.25, 0.3) is 16.6 Å². The molecule has 3 aromatic heterocycles. The fraction of sp³-hybridized carbons (Fsp3) is 0. The normalized spacial score (nSPS) is 11.1. The van der Waals surface area contributed by atoms with Gasteiger partial charge in [-0.25, -0.2) is 4.98 Å². The minimum Gasteiger partial charge on any atom is -0.328 e. The molecule has 0 aliphatic rings. The van der Waals surface area contributed by atoms with Gasteiger partial charge >= 0.3 is 0 Å². The van der Waals surface area contributed by atoms with Crippen molar-refractivity contribution in [2.24, 2.45) is 0 Å². The van der Waals surface area contributed by atoms with E-state index in [-0.39, 0.29) is 5.56 Å². The van der Waals surface area contributed by atoms with Crippen LogP contribution < -0.4 is 5.56 Å². The molecule has 0 saturated heterocycles. The molecule has 0 bridgehead atoms. The van der Waals surface area contributed by atoms with E-state index in [4.69, 9.17) is 0 Å². The lowest BCUT2D eigenvalue weighted by Crippen LogP contribution is -2.03. The maximum atomic E-state index is 11.2. The molecule has 3 rings (SSSR count). The number of pyridine rings is 2. The number of fused-ring (bicyclic) bond motifs is 3. The molecule has 0 atom stereocenters. The lowest BCUT2D eigenvalue weighted by Gasteiger charge is -1.99. The highest BCUT2D eigenvalue weighted by molar-refractivity contribution is 5.80. The van der Waals surface area contributed by atoms with E-state index >= 15 is 0 Å².